The second-order valence-electron chi connectivity index (χ2n) is 17.7. The molecule has 6 N–H and O–H groups in total. The van der Waals surface area contributed by atoms with Crippen molar-refractivity contribution in [3.8, 4) is 23.0 Å². The Morgan fingerprint density at radius 1 is 0.905 bits per heavy atom. The molecule has 4 heterocycles. The zero-order valence-corrected chi connectivity index (χ0v) is 37.5. The Bertz CT molecular complexity index is 2300. The van der Waals surface area contributed by atoms with Crippen molar-refractivity contribution in [1.82, 2.24) is 0 Å². The van der Waals surface area contributed by atoms with Crippen molar-refractivity contribution in [2.24, 2.45) is 29.6 Å². The van der Waals surface area contributed by atoms with Crippen LogP contribution in [0.15, 0.2) is 66.5 Å². The molecule has 1 amide bonds. The number of anilines is 2. The number of hydrogen-bond donors (Lipinski definition) is 6. The SMILES string of the molecule is COC1/C=C/OC2(C)Oc3c(C)c(O)c4c(O)c(c(N5CCC(Cc6ccccc6)CC5)c(O)c4c3C2=O)NC(=O)/C(C)=C\C=C\C(C)C(O)C(C)C(O)C(C)C(OC(C)=O)C1C. The molecule has 0 saturated carbocycles. The number of fused-ring (bicyclic) bond motifs is 14. The van der Waals surface area contributed by atoms with Gasteiger partial charge in [0, 0.05) is 74.2 Å². The third-order valence-corrected chi connectivity index (χ3v) is 13.3. The summed E-state index contributed by atoms with van der Waals surface area (Å²) >= 11 is 0. The molecule has 14 nitrogen and oxygen atoms in total. The number of benzene rings is 3. The first-order chi connectivity index (χ1) is 29.8. The quantitative estimate of drug-likeness (QED) is 0.0853. The fourth-order valence-corrected chi connectivity index (χ4v) is 9.32. The van der Waals surface area contributed by atoms with Gasteiger partial charge in [0.25, 0.3) is 11.7 Å². The normalized spacial score (nSPS) is 30.6. The zero-order chi connectivity index (χ0) is 46.1. The predicted octanol–water partition coefficient (Wildman–Crippen LogP) is 7.21. The van der Waals surface area contributed by atoms with Crippen LogP contribution in [0.5, 0.6) is 23.0 Å². The van der Waals surface area contributed by atoms with Gasteiger partial charge in [-0.15, -0.1) is 0 Å². The number of piperidine rings is 1. The standard InChI is InChI=1S/C49H62N2O12/c1-25-14-13-15-26(2)48(59)50-38-39(51-21-18-33(19-22-51)24-32-16-11-10-12-17-32)44(57)35-36(43(38)56)42(55)30(6)46-37(35)47(58)49(8,63-46)61-23-20-34(60-9)27(3)45(62-31(7)52)29(5)41(54)28(4)40(25)53/h10-17,20,23,25,27-29,33-34,40-41,45,53-57H,18-19,21-22,24H2,1-9H3,(H,50,59)/b14-13+,23-20+,26-15-. The van der Waals surface area contributed by atoms with Gasteiger partial charge in [0.15, 0.2) is 5.75 Å². The van der Waals surface area contributed by atoms with Crippen molar-refractivity contribution in [2.75, 3.05) is 30.4 Å². The van der Waals surface area contributed by atoms with Gasteiger partial charge >= 0.3 is 11.8 Å². The van der Waals surface area contributed by atoms with Gasteiger partial charge in [0.05, 0.1) is 35.5 Å². The Hall–Kier alpha value is -5.57. The summed E-state index contributed by atoms with van der Waals surface area (Å²) < 4.78 is 23.8. The van der Waals surface area contributed by atoms with Crippen LogP contribution in [-0.2, 0) is 30.2 Å². The number of hydrogen-bond acceptors (Lipinski definition) is 13. The maximum Gasteiger partial charge on any atom is 0.312 e. The molecule has 3 aromatic carbocycles. The van der Waals surface area contributed by atoms with E-state index in [1.165, 1.54) is 51.9 Å². The number of amides is 1. The summed E-state index contributed by atoms with van der Waals surface area (Å²) in [6.07, 6.45) is 6.04. The summed E-state index contributed by atoms with van der Waals surface area (Å²) in [6.45, 7) is 13.6. The molecule has 4 aliphatic heterocycles. The van der Waals surface area contributed by atoms with Crippen LogP contribution in [-0.4, -0.2) is 93.6 Å². The molecule has 1 fully saturated rings. The largest absolute Gasteiger partial charge is 0.507 e. The number of nitrogens with one attached hydrogen (secondary N) is 1. The van der Waals surface area contributed by atoms with Crippen molar-refractivity contribution in [3.05, 3.63) is 83.2 Å². The number of ketones is 1. The first-order valence-corrected chi connectivity index (χ1v) is 21.7. The molecule has 0 aliphatic carbocycles. The number of Topliss-reactive ketones (excluding diaryl/α,β-unsaturated/α-hetero) is 1. The molecule has 9 unspecified atom stereocenters. The van der Waals surface area contributed by atoms with Crippen LogP contribution < -0.4 is 15.0 Å². The molecule has 63 heavy (non-hydrogen) atoms. The molecule has 7 rings (SSSR count). The molecule has 0 aromatic heterocycles. The number of allylic oxidation sites excluding steroid dienone is 2. The van der Waals surface area contributed by atoms with Gasteiger partial charge in [0.2, 0.25) is 0 Å². The van der Waals surface area contributed by atoms with Crippen molar-refractivity contribution in [2.45, 2.75) is 105 Å². The Labute approximate surface area is 368 Å². The van der Waals surface area contributed by atoms with E-state index in [1.54, 1.807) is 46.8 Å². The van der Waals surface area contributed by atoms with E-state index in [2.05, 4.69) is 17.4 Å². The van der Waals surface area contributed by atoms with Crippen molar-refractivity contribution in [1.29, 1.82) is 0 Å². The molecule has 5 bridgehead atoms. The Balaban J connectivity index is 1.49. The van der Waals surface area contributed by atoms with Crippen LogP contribution in [0.4, 0.5) is 11.4 Å². The third-order valence-electron chi connectivity index (χ3n) is 13.3. The van der Waals surface area contributed by atoms with E-state index in [0.717, 1.165) is 19.3 Å². The summed E-state index contributed by atoms with van der Waals surface area (Å²) in [4.78, 5) is 42.8. The second-order valence-corrected chi connectivity index (χ2v) is 17.7. The zero-order valence-electron chi connectivity index (χ0n) is 37.5. The van der Waals surface area contributed by atoms with Crippen LogP contribution in [0.25, 0.3) is 10.8 Å². The van der Waals surface area contributed by atoms with Crippen LogP contribution in [0.3, 0.4) is 0 Å². The minimum Gasteiger partial charge on any atom is -0.507 e. The van der Waals surface area contributed by atoms with Crippen LogP contribution in [0.2, 0.25) is 0 Å². The van der Waals surface area contributed by atoms with Gasteiger partial charge < -0.3 is 54.7 Å². The fraction of sp³-hybridized carbons (Fsp3) is 0.490. The highest BCUT2D eigenvalue weighted by Gasteiger charge is 2.50. The highest BCUT2D eigenvalue weighted by Crippen LogP contribution is 2.58. The second kappa shape index (κ2) is 19.0. The first kappa shape index (κ1) is 46.9. The van der Waals surface area contributed by atoms with Gasteiger partial charge in [-0.1, -0.05) is 76.3 Å². The molecular weight excluding hydrogens is 809 g/mol. The van der Waals surface area contributed by atoms with Crippen LogP contribution in [0, 0.1) is 36.5 Å². The van der Waals surface area contributed by atoms with E-state index in [4.69, 9.17) is 18.9 Å². The lowest BCUT2D eigenvalue weighted by Crippen LogP contribution is -2.46. The average molecular weight is 871 g/mol. The summed E-state index contributed by atoms with van der Waals surface area (Å²) in [7, 11) is 1.45. The number of methoxy groups -OCH3 is 1. The molecule has 14 heteroatoms. The van der Waals surface area contributed by atoms with E-state index in [9.17, 15) is 39.9 Å². The van der Waals surface area contributed by atoms with E-state index < -0.39 is 88.8 Å². The third kappa shape index (κ3) is 9.25. The fourth-order valence-electron chi connectivity index (χ4n) is 9.32. The lowest BCUT2D eigenvalue weighted by atomic mass is 9.78. The number of carbonyl (C=O) groups excluding carboxylic acids is 3. The highest BCUT2D eigenvalue weighted by atomic mass is 16.7. The average Bonchev–Trinajstić information content (AvgIpc) is 3.52. The molecule has 340 valence electrons. The number of esters is 1. The molecule has 4 aliphatic rings. The minimum absolute atomic E-state index is 0.0593. The Morgan fingerprint density at radius 3 is 2.21 bits per heavy atom. The number of ether oxygens (including phenoxy) is 4. The summed E-state index contributed by atoms with van der Waals surface area (Å²) in [5.41, 5.74) is 1.31. The van der Waals surface area contributed by atoms with Gasteiger partial charge in [-0.25, -0.2) is 0 Å². The smallest absolute Gasteiger partial charge is 0.312 e. The van der Waals surface area contributed by atoms with Crippen molar-refractivity contribution < 1.29 is 58.9 Å². The van der Waals surface area contributed by atoms with E-state index in [1.807, 2.05) is 23.1 Å². The number of aliphatic hydroxyl groups excluding tert-OH is 2. The monoisotopic (exact) mass is 870 g/mol. The number of rotatable bonds is 5. The molecule has 3 aromatic rings. The highest BCUT2D eigenvalue weighted by molar-refractivity contribution is 6.23. The van der Waals surface area contributed by atoms with E-state index in [-0.39, 0.29) is 44.6 Å². The van der Waals surface area contributed by atoms with Gasteiger partial charge in [0.1, 0.15) is 34.7 Å². The number of carbonyl (C=O) groups is 3. The summed E-state index contributed by atoms with van der Waals surface area (Å²) in [6, 6.07) is 10.2. The minimum atomic E-state index is -2.03. The van der Waals surface area contributed by atoms with E-state index in [0.29, 0.717) is 19.0 Å². The predicted molar refractivity (Wildman–Crippen MR) is 239 cm³/mol. The number of phenols is 3. The number of nitrogens with zero attached hydrogens (tertiary/aromatic N) is 1. The molecule has 9 atom stereocenters. The summed E-state index contributed by atoms with van der Waals surface area (Å²) in [5.74, 6) is -7.61. The maximum absolute atomic E-state index is 14.6. The Morgan fingerprint density at radius 2 is 1.57 bits per heavy atom. The number of phenolic OH excluding ortho intramolecular Hbond substituents is 3. The topological polar surface area (TPSA) is 205 Å². The molecular formula is C49H62N2O12. The Kier molecular flexibility index (Phi) is 14.2. The maximum atomic E-state index is 14.6. The van der Waals surface area contributed by atoms with Gasteiger partial charge in [-0.2, -0.15) is 0 Å². The first-order valence-electron chi connectivity index (χ1n) is 21.7. The molecule has 0 radical (unpaired) electrons. The number of aromatic hydroxyl groups is 3. The van der Waals surface area contributed by atoms with Crippen LogP contribution >= 0.6 is 0 Å². The summed E-state index contributed by atoms with van der Waals surface area (Å²) in [5, 5.41) is 61.7. The van der Waals surface area contributed by atoms with Gasteiger partial charge in [-0.3, -0.25) is 14.4 Å². The van der Waals surface area contributed by atoms with Crippen molar-refractivity contribution in [3.63, 3.8) is 0 Å². The van der Waals surface area contributed by atoms with Crippen LogP contribution in [0.1, 0.15) is 82.8 Å². The lowest BCUT2D eigenvalue weighted by molar-refractivity contribution is -0.160. The molecule has 0 spiro atoms. The van der Waals surface area contributed by atoms with Crippen molar-refractivity contribution >= 4 is 39.8 Å². The number of aliphatic hydroxyl groups is 2. The van der Waals surface area contributed by atoms with Gasteiger partial charge in [-0.05, 0) is 50.7 Å². The lowest BCUT2D eigenvalue weighted by Gasteiger charge is -2.38. The molecule has 1 saturated heterocycles. The van der Waals surface area contributed by atoms with E-state index >= 15 is 0 Å².